The molecule has 2 heterocycles. The second-order valence-electron chi connectivity index (χ2n) is 9.43. The number of carbonyl (C=O) groups is 2. The minimum atomic E-state index is -0.812. The number of anilines is 1. The number of hydrogen-bond acceptors (Lipinski definition) is 5. The molecule has 1 saturated heterocycles. The van der Waals surface area contributed by atoms with Gasteiger partial charge in [-0.05, 0) is 59.4 Å². The molecule has 1 amide bonds. The zero-order chi connectivity index (χ0) is 24.6. The van der Waals surface area contributed by atoms with Crippen LogP contribution >= 0.6 is 0 Å². The summed E-state index contributed by atoms with van der Waals surface area (Å²) in [6, 6.07) is 15.5. The van der Waals surface area contributed by atoms with Gasteiger partial charge in [-0.2, -0.15) is 0 Å². The number of nitrogens with zero attached hydrogens (tertiary/aromatic N) is 2. The van der Waals surface area contributed by atoms with Gasteiger partial charge in [0.15, 0.2) is 0 Å². The second kappa shape index (κ2) is 8.78. The van der Waals surface area contributed by atoms with Gasteiger partial charge in [-0.3, -0.25) is 19.5 Å². The Bertz CT molecular complexity index is 1290. The van der Waals surface area contributed by atoms with Gasteiger partial charge in [-0.25, -0.2) is 0 Å². The maximum absolute atomic E-state index is 13.4. The van der Waals surface area contributed by atoms with E-state index < -0.39 is 17.7 Å². The van der Waals surface area contributed by atoms with Crippen LogP contribution in [0.15, 0.2) is 72.6 Å². The third-order valence-corrected chi connectivity index (χ3v) is 6.16. The summed E-state index contributed by atoms with van der Waals surface area (Å²) in [5.41, 5.74) is 3.43. The Kier molecular flexibility index (Phi) is 6.00. The number of aryl methyl sites for hydroxylation is 1. The van der Waals surface area contributed by atoms with Crippen molar-refractivity contribution in [2.45, 2.75) is 39.2 Å². The van der Waals surface area contributed by atoms with Gasteiger partial charge in [-0.1, -0.05) is 39.0 Å². The smallest absolute Gasteiger partial charge is 0.300 e. The van der Waals surface area contributed by atoms with E-state index in [2.05, 4.69) is 25.8 Å². The van der Waals surface area contributed by atoms with Crippen molar-refractivity contribution in [2.75, 3.05) is 12.0 Å². The molecule has 1 aromatic heterocycles. The number of amides is 1. The Hall–Kier alpha value is -3.93. The molecule has 4 rings (SSSR count). The predicted octanol–water partition coefficient (Wildman–Crippen LogP) is 5.32. The van der Waals surface area contributed by atoms with Crippen LogP contribution in [0.5, 0.6) is 5.75 Å². The first-order valence-corrected chi connectivity index (χ1v) is 11.1. The minimum Gasteiger partial charge on any atom is -0.507 e. The van der Waals surface area contributed by atoms with E-state index in [4.69, 9.17) is 4.74 Å². The molecule has 6 heteroatoms. The Morgan fingerprint density at radius 3 is 2.38 bits per heavy atom. The first kappa shape index (κ1) is 23.2. The highest BCUT2D eigenvalue weighted by atomic mass is 16.5. The molecule has 0 bridgehead atoms. The number of aliphatic hydroxyl groups is 1. The molecule has 1 aliphatic rings. The van der Waals surface area contributed by atoms with E-state index in [-0.39, 0.29) is 16.7 Å². The summed E-state index contributed by atoms with van der Waals surface area (Å²) in [6.45, 7) is 8.13. The fourth-order valence-electron chi connectivity index (χ4n) is 4.21. The molecular weight excluding hydrogens is 428 g/mol. The molecule has 174 valence electrons. The van der Waals surface area contributed by atoms with E-state index in [1.807, 2.05) is 25.1 Å². The van der Waals surface area contributed by atoms with Crippen molar-refractivity contribution in [1.29, 1.82) is 0 Å². The van der Waals surface area contributed by atoms with Gasteiger partial charge in [0, 0.05) is 29.7 Å². The van der Waals surface area contributed by atoms with Gasteiger partial charge >= 0.3 is 0 Å². The van der Waals surface area contributed by atoms with Gasteiger partial charge in [0.1, 0.15) is 11.5 Å². The SMILES string of the molecule is COc1cccc(N2C(=O)C(=O)/C(=C(/O)c3cc(C(C)(C)C)ccc3C)C2c2ccncc2)c1. The Morgan fingerprint density at radius 1 is 1.03 bits per heavy atom. The van der Waals surface area contributed by atoms with Gasteiger partial charge in [-0.15, -0.1) is 0 Å². The third-order valence-electron chi connectivity index (χ3n) is 6.16. The predicted molar refractivity (Wildman–Crippen MR) is 132 cm³/mol. The monoisotopic (exact) mass is 456 g/mol. The minimum absolute atomic E-state index is 0.0492. The van der Waals surface area contributed by atoms with E-state index in [1.54, 1.807) is 55.9 Å². The van der Waals surface area contributed by atoms with E-state index in [0.717, 1.165) is 11.1 Å². The second-order valence-corrected chi connectivity index (χ2v) is 9.43. The lowest BCUT2D eigenvalue weighted by atomic mass is 9.84. The fourth-order valence-corrected chi connectivity index (χ4v) is 4.21. The number of methoxy groups -OCH3 is 1. The highest BCUT2D eigenvalue weighted by molar-refractivity contribution is 6.51. The first-order valence-electron chi connectivity index (χ1n) is 11.1. The van der Waals surface area contributed by atoms with Crippen LogP contribution < -0.4 is 9.64 Å². The van der Waals surface area contributed by atoms with Crippen LogP contribution in [-0.4, -0.2) is 28.9 Å². The van der Waals surface area contributed by atoms with Crippen molar-refractivity contribution in [3.05, 3.63) is 94.8 Å². The summed E-state index contributed by atoms with van der Waals surface area (Å²) >= 11 is 0. The molecular formula is C28H28N2O4. The van der Waals surface area contributed by atoms with Crippen molar-refractivity contribution in [3.8, 4) is 5.75 Å². The molecule has 1 atom stereocenters. The number of pyridine rings is 1. The van der Waals surface area contributed by atoms with Crippen molar-refractivity contribution < 1.29 is 19.4 Å². The van der Waals surface area contributed by atoms with E-state index in [1.165, 1.54) is 4.90 Å². The van der Waals surface area contributed by atoms with E-state index in [0.29, 0.717) is 22.6 Å². The summed E-state index contributed by atoms with van der Waals surface area (Å²) in [7, 11) is 1.54. The van der Waals surface area contributed by atoms with Gasteiger partial charge in [0.25, 0.3) is 11.7 Å². The van der Waals surface area contributed by atoms with Crippen LogP contribution in [0.4, 0.5) is 5.69 Å². The topological polar surface area (TPSA) is 79.7 Å². The van der Waals surface area contributed by atoms with Crippen molar-refractivity contribution in [2.24, 2.45) is 0 Å². The Labute approximate surface area is 199 Å². The molecule has 1 aliphatic heterocycles. The number of benzene rings is 2. The lowest BCUT2D eigenvalue weighted by Crippen LogP contribution is -2.29. The maximum Gasteiger partial charge on any atom is 0.300 e. The molecule has 0 saturated carbocycles. The largest absolute Gasteiger partial charge is 0.507 e. The Morgan fingerprint density at radius 2 is 1.74 bits per heavy atom. The number of ketones is 1. The Balaban J connectivity index is 1.97. The van der Waals surface area contributed by atoms with Crippen LogP contribution in [-0.2, 0) is 15.0 Å². The molecule has 34 heavy (non-hydrogen) atoms. The number of Topliss-reactive ketones (excluding diaryl/α,β-unsaturated/α-hetero) is 1. The van der Waals surface area contributed by atoms with Gasteiger partial charge in [0.2, 0.25) is 0 Å². The summed E-state index contributed by atoms with van der Waals surface area (Å²) in [6.07, 6.45) is 3.21. The zero-order valence-corrected chi connectivity index (χ0v) is 20.0. The van der Waals surface area contributed by atoms with Crippen LogP contribution in [0.2, 0.25) is 0 Å². The number of aromatic nitrogens is 1. The van der Waals surface area contributed by atoms with Gasteiger partial charge < -0.3 is 9.84 Å². The average Bonchev–Trinajstić information content (AvgIpc) is 3.09. The molecule has 6 nitrogen and oxygen atoms in total. The molecule has 1 N–H and O–H groups in total. The number of carbonyl (C=O) groups excluding carboxylic acids is 2. The highest BCUT2D eigenvalue weighted by Gasteiger charge is 2.47. The van der Waals surface area contributed by atoms with Crippen LogP contribution in [0.1, 0.15) is 49.1 Å². The quantitative estimate of drug-likeness (QED) is 0.326. The zero-order valence-electron chi connectivity index (χ0n) is 20.0. The van der Waals surface area contributed by atoms with E-state index >= 15 is 0 Å². The van der Waals surface area contributed by atoms with Crippen molar-refractivity contribution in [3.63, 3.8) is 0 Å². The molecule has 1 unspecified atom stereocenters. The van der Waals surface area contributed by atoms with Crippen molar-refractivity contribution in [1.82, 2.24) is 4.98 Å². The van der Waals surface area contributed by atoms with Crippen LogP contribution in [0, 0.1) is 6.92 Å². The molecule has 1 fully saturated rings. The average molecular weight is 457 g/mol. The molecule has 0 aliphatic carbocycles. The maximum atomic E-state index is 13.4. The summed E-state index contributed by atoms with van der Waals surface area (Å²) in [5, 5.41) is 11.5. The normalized spacial score (nSPS) is 17.8. The lowest BCUT2D eigenvalue weighted by Gasteiger charge is -2.26. The third kappa shape index (κ3) is 4.07. The molecule has 3 aromatic rings. The van der Waals surface area contributed by atoms with Crippen molar-refractivity contribution >= 4 is 23.1 Å². The summed E-state index contributed by atoms with van der Waals surface area (Å²) in [4.78, 5) is 32.2. The lowest BCUT2D eigenvalue weighted by molar-refractivity contribution is -0.132. The number of hydrogen-bond donors (Lipinski definition) is 1. The summed E-state index contributed by atoms with van der Waals surface area (Å²) in [5.74, 6) is -1.07. The highest BCUT2D eigenvalue weighted by Crippen LogP contribution is 2.43. The molecule has 0 radical (unpaired) electrons. The van der Waals surface area contributed by atoms with Gasteiger partial charge in [0.05, 0.1) is 18.7 Å². The number of rotatable bonds is 4. The molecule has 2 aromatic carbocycles. The standard InChI is InChI=1S/C28H28N2O4/c1-17-9-10-19(28(2,3)4)15-22(17)25(31)23-24(18-11-13-29-14-12-18)30(27(33)26(23)32)20-7-6-8-21(16-20)34-5/h6-16,24,31H,1-5H3/b25-23+. The summed E-state index contributed by atoms with van der Waals surface area (Å²) < 4.78 is 5.33. The first-order chi connectivity index (χ1) is 16.1. The van der Waals surface area contributed by atoms with E-state index in [9.17, 15) is 14.7 Å². The van der Waals surface area contributed by atoms with Crippen LogP contribution in [0.3, 0.4) is 0 Å². The molecule has 0 spiro atoms. The number of ether oxygens (including phenoxy) is 1. The fraction of sp³-hybridized carbons (Fsp3) is 0.250. The number of aliphatic hydroxyl groups excluding tert-OH is 1. The van der Waals surface area contributed by atoms with Crippen LogP contribution in [0.25, 0.3) is 5.76 Å².